The minimum Gasteiger partial charge on any atom is -0.337 e. The molecular weight excluding hydrogens is 306 g/mol. The van der Waals surface area contributed by atoms with Crippen LogP contribution in [0, 0.1) is 11.6 Å². The lowest BCUT2D eigenvalue weighted by Gasteiger charge is -2.31. The number of carbonyl (C=O) groups excluding carboxylic acids is 1. The van der Waals surface area contributed by atoms with E-state index in [1.165, 1.54) is 6.07 Å². The SMILES string of the molecule is CN1C(=O)CC(NC2CCSCC2)C1c1ccc(F)c(F)c1. The topological polar surface area (TPSA) is 32.3 Å². The van der Waals surface area contributed by atoms with Gasteiger partial charge < -0.3 is 10.2 Å². The molecule has 0 radical (unpaired) electrons. The van der Waals surface area contributed by atoms with Gasteiger partial charge in [-0.1, -0.05) is 6.07 Å². The number of nitrogens with zero attached hydrogens (tertiary/aromatic N) is 1. The van der Waals surface area contributed by atoms with E-state index in [9.17, 15) is 13.6 Å². The predicted molar refractivity (Wildman–Crippen MR) is 83.8 cm³/mol. The molecule has 22 heavy (non-hydrogen) atoms. The van der Waals surface area contributed by atoms with Gasteiger partial charge in [-0.05, 0) is 42.0 Å². The molecule has 0 aliphatic carbocycles. The Morgan fingerprint density at radius 3 is 2.64 bits per heavy atom. The molecule has 1 N–H and O–H groups in total. The van der Waals surface area contributed by atoms with Crippen LogP contribution in [-0.4, -0.2) is 41.4 Å². The number of rotatable bonds is 3. The molecule has 3 rings (SSSR count). The number of carbonyl (C=O) groups is 1. The third-order valence-corrected chi connectivity index (χ3v) is 5.59. The van der Waals surface area contributed by atoms with Gasteiger partial charge in [0, 0.05) is 25.6 Å². The summed E-state index contributed by atoms with van der Waals surface area (Å²) in [4.78, 5) is 13.7. The first-order valence-corrected chi connectivity index (χ1v) is 8.76. The van der Waals surface area contributed by atoms with Gasteiger partial charge >= 0.3 is 0 Å². The van der Waals surface area contributed by atoms with E-state index in [1.807, 2.05) is 11.8 Å². The standard InChI is InChI=1S/C16H20F2N2OS/c1-20-15(21)9-14(19-11-4-6-22-7-5-11)16(20)10-2-3-12(17)13(18)8-10/h2-3,8,11,14,16,19H,4-7,9H2,1H3. The number of halogens is 2. The molecule has 1 amide bonds. The van der Waals surface area contributed by atoms with E-state index in [-0.39, 0.29) is 18.0 Å². The van der Waals surface area contributed by atoms with Crippen LogP contribution in [0.2, 0.25) is 0 Å². The van der Waals surface area contributed by atoms with Crippen LogP contribution in [0.4, 0.5) is 8.78 Å². The predicted octanol–water partition coefficient (Wildman–Crippen LogP) is 2.72. The molecule has 2 aliphatic rings. The molecule has 6 heteroatoms. The molecule has 120 valence electrons. The number of nitrogens with one attached hydrogen (secondary N) is 1. The second kappa shape index (κ2) is 6.54. The van der Waals surface area contributed by atoms with Gasteiger partial charge in [-0.2, -0.15) is 11.8 Å². The van der Waals surface area contributed by atoms with Crippen molar-refractivity contribution in [3.8, 4) is 0 Å². The molecule has 0 bridgehead atoms. The zero-order valence-electron chi connectivity index (χ0n) is 12.5. The highest BCUT2D eigenvalue weighted by Crippen LogP contribution is 2.33. The lowest BCUT2D eigenvalue weighted by atomic mass is 9.98. The molecule has 2 aliphatic heterocycles. The first-order valence-electron chi connectivity index (χ1n) is 7.60. The maximum Gasteiger partial charge on any atom is 0.224 e. The van der Waals surface area contributed by atoms with Crippen LogP contribution in [0.15, 0.2) is 18.2 Å². The summed E-state index contributed by atoms with van der Waals surface area (Å²) in [7, 11) is 1.73. The average molecular weight is 326 g/mol. The summed E-state index contributed by atoms with van der Waals surface area (Å²) in [5, 5.41) is 3.57. The largest absolute Gasteiger partial charge is 0.337 e. The maximum atomic E-state index is 13.5. The van der Waals surface area contributed by atoms with Gasteiger partial charge in [0.2, 0.25) is 5.91 Å². The average Bonchev–Trinajstić information content (AvgIpc) is 2.78. The van der Waals surface area contributed by atoms with Crippen molar-refractivity contribution in [2.75, 3.05) is 18.6 Å². The van der Waals surface area contributed by atoms with Gasteiger partial charge in [0.15, 0.2) is 11.6 Å². The summed E-state index contributed by atoms with van der Waals surface area (Å²) >= 11 is 1.95. The van der Waals surface area contributed by atoms with Crippen molar-refractivity contribution >= 4 is 17.7 Å². The smallest absolute Gasteiger partial charge is 0.224 e. The zero-order valence-corrected chi connectivity index (χ0v) is 13.3. The van der Waals surface area contributed by atoms with Crippen molar-refractivity contribution in [1.29, 1.82) is 0 Å². The number of amides is 1. The monoisotopic (exact) mass is 326 g/mol. The van der Waals surface area contributed by atoms with Gasteiger partial charge in [0.25, 0.3) is 0 Å². The third-order valence-electron chi connectivity index (χ3n) is 4.54. The van der Waals surface area contributed by atoms with Crippen molar-refractivity contribution in [2.24, 2.45) is 0 Å². The second-order valence-corrected chi connectivity index (χ2v) is 7.21. The Labute approximate surface area is 133 Å². The fourth-order valence-corrected chi connectivity index (χ4v) is 4.44. The normalized spacial score (nSPS) is 26.7. The van der Waals surface area contributed by atoms with Crippen molar-refractivity contribution in [2.45, 2.75) is 37.4 Å². The first-order chi connectivity index (χ1) is 10.6. The van der Waals surface area contributed by atoms with Gasteiger partial charge in [-0.25, -0.2) is 8.78 Å². The Kier molecular flexibility index (Phi) is 4.68. The van der Waals surface area contributed by atoms with Gasteiger partial charge in [-0.3, -0.25) is 4.79 Å². The lowest BCUT2D eigenvalue weighted by molar-refractivity contribution is -0.127. The molecule has 1 aromatic rings. The van der Waals surface area contributed by atoms with Crippen molar-refractivity contribution in [1.82, 2.24) is 10.2 Å². The van der Waals surface area contributed by atoms with Crippen LogP contribution in [0.5, 0.6) is 0 Å². The van der Waals surface area contributed by atoms with E-state index in [1.54, 1.807) is 18.0 Å². The van der Waals surface area contributed by atoms with E-state index in [0.717, 1.165) is 30.4 Å². The molecule has 0 spiro atoms. The third kappa shape index (κ3) is 3.13. The van der Waals surface area contributed by atoms with Crippen LogP contribution in [0.25, 0.3) is 0 Å². The fourth-order valence-electron chi connectivity index (χ4n) is 3.34. The summed E-state index contributed by atoms with van der Waals surface area (Å²) in [5.41, 5.74) is 0.648. The van der Waals surface area contributed by atoms with Crippen LogP contribution in [0.1, 0.15) is 30.9 Å². The second-order valence-electron chi connectivity index (χ2n) is 5.99. The highest BCUT2D eigenvalue weighted by atomic mass is 32.2. The van der Waals surface area contributed by atoms with Crippen molar-refractivity contribution < 1.29 is 13.6 Å². The van der Waals surface area contributed by atoms with E-state index < -0.39 is 11.6 Å². The van der Waals surface area contributed by atoms with Gasteiger partial charge in [-0.15, -0.1) is 0 Å². The fraction of sp³-hybridized carbons (Fsp3) is 0.562. The summed E-state index contributed by atoms with van der Waals surface area (Å²) in [6, 6.07) is 4.03. The number of likely N-dealkylation sites (tertiary alicyclic amines) is 1. The zero-order chi connectivity index (χ0) is 15.7. The molecule has 2 atom stereocenters. The number of benzene rings is 1. The van der Waals surface area contributed by atoms with Crippen LogP contribution in [0.3, 0.4) is 0 Å². The van der Waals surface area contributed by atoms with E-state index in [0.29, 0.717) is 18.0 Å². The van der Waals surface area contributed by atoms with Gasteiger partial charge in [0.05, 0.1) is 6.04 Å². The Morgan fingerprint density at radius 1 is 1.23 bits per heavy atom. The molecule has 2 saturated heterocycles. The Morgan fingerprint density at radius 2 is 1.95 bits per heavy atom. The van der Waals surface area contributed by atoms with E-state index >= 15 is 0 Å². The lowest BCUT2D eigenvalue weighted by Crippen LogP contribution is -2.43. The molecule has 2 heterocycles. The Bertz CT molecular complexity index is 563. The van der Waals surface area contributed by atoms with Crippen molar-refractivity contribution in [3.63, 3.8) is 0 Å². The van der Waals surface area contributed by atoms with Crippen LogP contribution >= 0.6 is 11.8 Å². The first kappa shape index (κ1) is 15.7. The minimum absolute atomic E-state index is 0.0393. The summed E-state index contributed by atoms with van der Waals surface area (Å²) in [6.07, 6.45) is 2.58. The highest BCUT2D eigenvalue weighted by molar-refractivity contribution is 7.99. The highest BCUT2D eigenvalue weighted by Gasteiger charge is 2.39. The molecule has 2 unspecified atom stereocenters. The molecule has 1 aromatic carbocycles. The quantitative estimate of drug-likeness (QED) is 0.927. The molecular formula is C16H20F2N2OS. The van der Waals surface area contributed by atoms with E-state index in [2.05, 4.69) is 5.32 Å². The number of hydrogen-bond donors (Lipinski definition) is 1. The molecule has 0 aromatic heterocycles. The van der Waals surface area contributed by atoms with E-state index in [4.69, 9.17) is 0 Å². The van der Waals surface area contributed by atoms with Crippen LogP contribution in [-0.2, 0) is 4.79 Å². The maximum absolute atomic E-state index is 13.5. The molecule has 0 saturated carbocycles. The van der Waals surface area contributed by atoms with Crippen molar-refractivity contribution in [3.05, 3.63) is 35.4 Å². The number of thioether (sulfide) groups is 1. The number of likely N-dealkylation sites (N-methyl/N-ethyl adjacent to an activating group) is 1. The summed E-state index contributed by atoms with van der Waals surface area (Å²) in [6.45, 7) is 0. The van der Waals surface area contributed by atoms with Gasteiger partial charge in [0.1, 0.15) is 0 Å². The number of hydrogen-bond acceptors (Lipinski definition) is 3. The van der Waals surface area contributed by atoms with Crippen LogP contribution < -0.4 is 5.32 Å². The molecule has 3 nitrogen and oxygen atoms in total. The minimum atomic E-state index is -0.863. The summed E-state index contributed by atoms with van der Waals surface area (Å²) < 4.78 is 26.7. The Hall–Kier alpha value is -1.14. The molecule has 2 fully saturated rings. The Balaban J connectivity index is 1.81. The summed E-state index contributed by atoms with van der Waals surface area (Å²) in [5.74, 6) is 0.577.